The Morgan fingerprint density at radius 1 is 0.946 bits per heavy atom. The maximum absolute atomic E-state index is 12.0. The number of halogens is 1. The van der Waals surface area contributed by atoms with Crippen LogP contribution in [-0.4, -0.2) is 25.5 Å². The number of carbonyl (C=O) groups excluding carboxylic acids is 1. The van der Waals surface area contributed by atoms with Crippen LogP contribution in [0.2, 0.25) is 0 Å². The first-order valence-electron chi connectivity index (χ1n) is 12.8. The Morgan fingerprint density at radius 2 is 1.68 bits per heavy atom. The lowest BCUT2D eigenvalue weighted by Crippen LogP contribution is -3.61. The summed E-state index contributed by atoms with van der Waals surface area (Å²) in [6.45, 7) is 9.86. The van der Waals surface area contributed by atoms with E-state index in [0.29, 0.717) is 19.0 Å². The van der Waals surface area contributed by atoms with Gasteiger partial charge >= 0.3 is 27.2 Å². The lowest BCUT2D eigenvalue weighted by atomic mass is 9.87. The van der Waals surface area contributed by atoms with Crippen LogP contribution >= 0.6 is 0 Å². The molecule has 1 aliphatic rings. The Balaban J connectivity index is 1.24. The normalized spacial score (nSPS) is 15.7. The van der Waals surface area contributed by atoms with E-state index in [2.05, 4.69) is 70.2 Å². The summed E-state index contributed by atoms with van der Waals surface area (Å²) in [5.41, 5.74) is 3.84. The van der Waals surface area contributed by atoms with E-state index in [9.17, 15) is 4.79 Å². The van der Waals surface area contributed by atoms with Gasteiger partial charge in [-0.1, -0.05) is 45.0 Å². The minimum absolute atomic E-state index is 0.134. The summed E-state index contributed by atoms with van der Waals surface area (Å²) >= 11 is -0.237. The van der Waals surface area contributed by atoms with Crippen LogP contribution in [0.5, 0.6) is 11.5 Å². The quantitative estimate of drug-likeness (QED) is 0.273. The van der Waals surface area contributed by atoms with Crippen molar-refractivity contribution in [2.24, 2.45) is 0 Å². The molecule has 0 amide bonds. The van der Waals surface area contributed by atoms with E-state index in [1.165, 1.54) is 18.3 Å². The average molecular weight is 616 g/mol. The topological polar surface area (TPSA) is 54.0 Å². The van der Waals surface area contributed by atoms with Crippen molar-refractivity contribution >= 4 is 5.97 Å². The molecule has 5 nitrogen and oxygen atoms in total. The second-order valence-electron chi connectivity index (χ2n) is 10.3. The summed E-state index contributed by atoms with van der Waals surface area (Å²) in [6, 6.07) is 23.0. The van der Waals surface area contributed by atoms with Gasteiger partial charge in [0, 0.05) is 12.0 Å². The first-order valence-corrected chi connectivity index (χ1v) is 14.9. The number of benzene rings is 3. The highest BCUT2D eigenvalue weighted by Gasteiger charge is 2.21. The predicted molar refractivity (Wildman–Crippen MR) is 140 cm³/mol. The third-order valence-corrected chi connectivity index (χ3v) is 9.27. The van der Waals surface area contributed by atoms with E-state index in [4.69, 9.17) is 18.9 Å². The van der Waals surface area contributed by atoms with Crippen LogP contribution in [0, 0.1) is 14.1 Å². The zero-order chi connectivity index (χ0) is 26.3. The third kappa shape index (κ3) is 8.47. The fraction of sp³-hybridized carbons (Fsp3) is 0.387. The highest BCUT2D eigenvalue weighted by Crippen LogP contribution is 2.21. The molecule has 1 saturated heterocycles. The summed E-state index contributed by atoms with van der Waals surface area (Å²) in [5, 5.41) is 0. The van der Waals surface area contributed by atoms with Crippen molar-refractivity contribution in [3.8, 4) is 11.5 Å². The molecular formula is C31H36IO5+. The Labute approximate surface area is 230 Å². The molecule has 1 heterocycles. The van der Waals surface area contributed by atoms with Gasteiger partial charge in [-0.25, -0.2) is 4.79 Å². The number of ether oxygens (including phenoxy) is 4. The molecule has 6 heteroatoms. The van der Waals surface area contributed by atoms with E-state index in [-0.39, 0.29) is 33.2 Å². The van der Waals surface area contributed by atoms with E-state index in [1.807, 2.05) is 24.3 Å². The van der Waals surface area contributed by atoms with Gasteiger partial charge in [0.2, 0.25) is 6.29 Å². The van der Waals surface area contributed by atoms with E-state index < -0.39 is 12.3 Å². The fourth-order valence-corrected chi connectivity index (χ4v) is 6.25. The molecule has 4 rings (SSSR count). The van der Waals surface area contributed by atoms with Gasteiger partial charge in [0.25, 0.3) is 0 Å². The third-order valence-electron chi connectivity index (χ3n) is 6.14. The maximum Gasteiger partial charge on any atom is 0.358 e. The van der Waals surface area contributed by atoms with Crippen molar-refractivity contribution < 1.29 is 44.9 Å². The van der Waals surface area contributed by atoms with Crippen molar-refractivity contribution in [2.75, 3.05) is 13.2 Å². The molecule has 0 saturated carbocycles. The molecule has 37 heavy (non-hydrogen) atoms. The highest BCUT2D eigenvalue weighted by molar-refractivity contribution is 5.71. The zero-order valence-corrected chi connectivity index (χ0v) is 24.2. The van der Waals surface area contributed by atoms with Crippen LogP contribution in [0.1, 0.15) is 56.7 Å². The standard InChI is InChI=1S/C31H36IO5/c1-22-19-27(16-17-28(22)32-25-12-10-24(11-13-25)31(2,3)4)35-20-23-8-14-26(15-9-23)36-21-29(33)37-30-7-5-6-18-34-30/h8-17,19,30H,5-7,18,20-21H2,1-4H3/q+1. The van der Waals surface area contributed by atoms with Gasteiger partial charge in [0.05, 0.1) is 6.61 Å². The Kier molecular flexibility index (Phi) is 9.49. The molecular weight excluding hydrogens is 579 g/mol. The molecule has 0 aromatic heterocycles. The smallest absolute Gasteiger partial charge is 0.358 e. The van der Waals surface area contributed by atoms with Crippen LogP contribution in [0.3, 0.4) is 0 Å². The van der Waals surface area contributed by atoms with Crippen LogP contribution in [0.4, 0.5) is 0 Å². The van der Waals surface area contributed by atoms with Gasteiger partial charge in [-0.2, -0.15) is 0 Å². The monoisotopic (exact) mass is 615 g/mol. The Bertz CT molecular complexity index is 1160. The summed E-state index contributed by atoms with van der Waals surface area (Å²) in [4.78, 5) is 12.0. The zero-order valence-electron chi connectivity index (χ0n) is 22.1. The summed E-state index contributed by atoms with van der Waals surface area (Å²) < 4.78 is 25.1. The highest BCUT2D eigenvalue weighted by atomic mass is 127. The number of rotatable bonds is 9. The van der Waals surface area contributed by atoms with Crippen molar-refractivity contribution in [1.82, 2.24) is 0 Å². The van der Waals surface area contributed by atoms with E-state index >= 15 is 0 Å². The van der Waals surface area contributed by atoms with Gasteiger partial charge in [-0.05, 0) is 78.8 Å². The van der Waals surface area contributed by atoms with Crippen LogP contribution < -0.4 is 30.7 Å². The molecule has 1 unspecified atom stereocenters. The lowest BCUT2D eigenvalue weighted by molar-refractivity contribution is -0.598. The molecule has 0 spiro atoms. The SMILES string of the molecule is Cc1cc(OCc2ccc(OCC(=O)OC3CCCCO3)cc2)ccc1[I+]c1ccc(C(C)(C)C)cc1. The van der Waals surface area contributed by atoms with E-state index in [0.717, 1.165) is 30.6 Å². The molecule has 0 aliphatic carbocycles. The average Bonchev–Trinajstić information content (AvgIpc) is 2.89. The van der Waals surface area contributed by atoms with Gasteiger partial charge in [0.1, 0.15) is 18.1 Å². The number of hydrogen-bond acceptors (Lipinski definition) is 5. The predicted octanol–water partition coefficient (Wildman–Crippen LogP) is 3.45. The van der Waals surface area contributed by atoms with Gasteiger partial charge < -0.3 is 18.9 Å². The molecule has 3 aromatic rings. The van der Waals surface area contributed by atoms with Crippen LogP contribution in [-0.2, 0) is 26.3 Å². The first-order chi connectivity index (χ1) is 17.8. The second-order valence-corrected chi connectivity index (χ2v) is 13.2. The summed E-state index contributed by atoms with van der Waals surface area (Å²) in [5.74, 6) is 1.06. The van der Waals surface area contributed by atoms with Gasteiger partial charge in [-0.3, -0.25) is 0 Å². The van der Waals surface area contributed by atoms with Gasteiger partial charge in [-0.15, -0.1) is 0 Å². The van der Waals surface area contributed by atoms with Crippen LogP contribution in [0.15, 0.2) is 66.7 Å². The minimum Gasteiger partial charge on any atom is -0.489 e. The number of esters is 1. The maximum atomic E-state index is 12.0. The Morgan fingerprint density at radius 3 is 2.32 bits per heavy atom. The summed E-state index contributed by atoms with van der Waals surface area (Å²) in [6.07, 6.45) is 2.33. The van der Waals surface area contributed by atoms with E-state index in [1.54, 1.807) is 0 Å². The van der Waals surface area contributed by atoms with Crippen molar-refractivity contribution in [1.29, 1.82) is 0 Å². The minimum atomic E-state index is -0.441. The van der Waals surface area contributed by atoms with Crippen molar-refractivity contribution in [3.63, 3.8) is 0 Å². The van der Waals surface area contributed by atoms with Gasteiger partial charge in [0.15, 0.2) is 13.7 Å². The van der Waals surface area contributed by atoms with Crippen molar-refractivity contribution in [2.45, 2.75) is 65.3 Å². The first kappa shape index (κ1) is 27.5. The largest absolute Gasteiger partial charge is 0.489 e. The Hall–Kier alpha value is -2.58. The lowest BCUT2D eigenvalue weighted by Gasteiger charge is -2.22. The van der Waals surface area contributed by atoms with Crippen molar-refractivity contribution in [3.05, 3.63) is 90.6 Å². The molecule has 3 aromatic carbocycles. The number of hydrogen-bond donors (Lipinski definition) is 0. The molecule has 0 bridgehead atoms. The second kappa shape index (κ2) is 12.8. The molecule has 196 valence electrons. The number of carbonyl (C=O) groups is 1. The summed E-state index contributed by atoms with van der Waals surface area (Å²) in [7, 11) is 0. The molecule has 1 aliphatic heterocycles. The molecule has 1 atom stereocenters. The fourth-order valence-electron chi connectivity index (χ4n) is 3.92. The molecule has 1 fully saturated rings. The van der Waals surface area contributed by atoms with Crippen LogP contribution in [0.25, 0.3) is 0 Å². The number of aryl methyl sites for hydroxylation is 1. The molecule has 0 radical (unpaired) electrons. The molecule has 0 N–H and O–H groups in total.